The largest absolute Gasteiger partial charge is 0.464 e. The maximum absolute atomic E-state index is 11.3. The molecule has 0 fully saturated rings. The third-order valence-corrected chi connectivity index (χ3v) is 1.77. The Balaban J connectivity index is 2.67. The molecule has 0 unspecified atom stereocenters. The molecule has 72 valence electrons. The van der Waals surface area contributed by atoms with Crippen LogP contribution < -0.4 is 0 Å². The predicted molar refractivity (Wildman–Crippen MR) is 48.3 cm³/mol. The number of hydrogen-bond donors (Lipinski definition) is 0. The van der Waals surface area contributed by atoms with E-state index in [-0.39, 0.29) is 12.0 Å². The molecule has 0 N–H and O–H groups in total. The molecule has 1 atom stereocenters. The van der Waals surface area contributed by atoms with Crippen molar-refractivity contribution in [2.75, 3.05) is 6.61 Å². The lowest BCUT2D eigenvalue weighted by atomic mass is 10.3. The molecule has 0 spiro atoms. The lowest BCUT2D eigenvalue weighted by Crippen LogP contribution is -2.19. The minimum atomic E-state index is -0.339. The summed E-state index contributed by atoms with van der Waals surface area (Å²) in [6.07, 6.45) is 1.77. The minimum Gasteiger partial charge on any atom is -0.464 e. The molecule has 0 aromatic carbocycles. The van der Waals surface area contributed by atoms with E-state index in [4.69, 9.17) is 4.74 Å². The second-order valence-corrected chi connectivity index (χ2v) is 2.87. The van der Waals surface area contributed by atoms with Gasteiger partial charge >= 0.3 is 5.97 Å². The van der Waals surface area contributed by atoms with E-state index in [1.807, 2.05) is 13.0 Å². The van der Waals surface area contributed by atoms with Gasteiger partial charge in [-0.25, -0.2) is 4.79 Å². The molecule has 13 heavy (non-hydrogen) atoms. The number of hydrogen-bond acceptors (Lipinski definition) is 3. The van der Waals surface area contributed by atoms with Gasteiger partial charge in [-0.05, 0) is 26.8 Å². The molecule has 1 rings (SSSR count). The van der Waals surface area contributed by atoms with Crippen molar-refractivity contribution >= 4 is 5.97 Å². The molecule has 0 aliphatic carbocycles. The first-order valence-electron chi connectivity index (χ1n) is 4.33. The zero-order valence-corrected chi connectivity index (χ0v) is 8.15. The first-order valence-corrected chi connectivity index (χ1v) is 4.33. The third kappa shape index (κ3) is 2.31. The van der Waals surface area contributed by atoms with Crippen molar-refractivity contribution in [1.82, 2.24) is 9.78 Å². The fraction of sp³-hybridized carbons (Fsp3) is 0.556. The minimum absolute atomic E-state index is 0.245. The van der Waals surface area contributed by atoms with Crippen molar-refractivity contribution < 1.29 is 9.53 Å². The zero-order chi connectivity index (χ0) is 9.84. The van der Waals surface area contributed by atoms with Gasteiger partial charge in [-0.1, -0.05) is 0 Å². The van der Waals surface area contributed by atoms with Crippen molar-refractivity contribution in [3.8, 4) is 0 Å². The van der Waals surface area contributed by atoms with Crippen LogP contribution in [0.5, 0.6) is 0 Å². The maximum atomic E-state index is 11.3. The van der Waals surface area contributed by atoms with E-state index in [0.29, 0.717) is 6.61 Å². The Hall–Kier alpha value is -1.32. The molecule has 4 nitrogen and oxygen atoms in total. The number of carbonyl (C=O) groups is 1. The van der Waals surface area contributed by atoms with Gasteiger partial charge in [0.2, 0.25) is 0 Å². The number of carbonyl (C=O) groups excluding carboxylic acids is 1. The Kier molecular flexibility index (Phi) is 3.06. The third-order valence-electron chi connectivity index (χ3n) is 1.77. The van der Waals surface area contributed by atoms with E-state index in [0.717, 1.165) is 5.69 Å². The molecular formula is C9H14N2O2. The molecular weight excluding hydrogens is 168 g/mol. The van der Waals surface area contributed by atoms with Gasteiger partial charge in [-0.3, -0.25) is 4.68 Å². The summed E-state index contributed by atoms with van der Waals surface area (Å²) in [7, 11) is 0. The second kappa shape index (κ2) is 4.07. The number of nitrogens with zero attached hydrogens (tertiary/aromatic N) is 2. The van der Waals surface area contributed by atoms with E-state index in [1.54, 1.807) is 24.7 Å². The van der Waals surface area contributed by atoms with E-state index >= 15 is 0 Å². The van der Waals surface area contributed by atoms with Crippen LogP contribution in [0.4, 0.5) is 0 Å². The molecule has 0 saturated carbocycles. The van der Waals surface area contributed by atoms with Crippen molar-refractivity contribution in [3.05, 3.63) is 18.0 Å². The first kappa shape index (κ1) is 9.77. The Morgan fingerprint density at radius 3 is 2.92 bits per heavy atom. The summed E-state index contributed by atoms with van der Waals surface area (Å²) >= 11 is 0. The number of esters is 1. The van der Waals surface area contributed by atoms with Gasteiger partial charge in [-0.2, -0.15) is 5.10 Å². The Bertz CT molecular complexity index is 294. The lowest BCUT2D eigenvalue weighted by molar-refractivity contribution is -0.146. The first-order chi connectivity index (χ1) is 6.15. The van der Waals surface area contributed by atoms with Crippen LogP contribution in [-0.4, -0.2) is 22.4 Å². The summed E-state index contributed by atoms with van der Waals surface area (Å²) in [5.74, 6) is -0.245. The van der Waals surface area contributed by atoms with Gasteiger partial charge in [0.05, 0.1) is 12.3 Å². The SMILES string of the molecule is CCOC(=O)[C@@H](C)n1ccc(C)n1. The number of aryl methyl sites for hydroxylation is 1. The van der Waals surface area contributed by atoms with Gasteiger partial charge < -0.3 is 4.74 Å². The summed E-state index contributed by atoms with van der Waals surface area (Å²) in [5.41, 5.74) is 0.899. The summed E-state index contributed by atoms with van der Waals surface area (Å²) in [5, 5.41) is 4.13. The molecule has 0 aliphatic rings. The number of rotatable bonds is 3. The summed E-state index contributed by atoms with van der Waals surface area (Å²) < 4.78 is 6.47. The lowest BCUT2D eigenvalue weighted by Gasteiger charge is -2.10. The topological polar surface area (TPSA) is 44.1 Å². The molecule has 0 saturated heterocycles. The van der Waals surface area contributed by atoms with Crippen LogP contribution in [-0.2, 0) is 9.53 Å². The van der Waals surface area contributed by atoms with E-state index in [1.165, 1.54) is 0 Å². The van der Waals surface area contributed by atoms with Crippen LogP contribution in [0.25, 0.3) is 0 Å². The van der Waals surface area contributed by atoms with Gasteiger partial charge in [0, 0.05) is 6.20 Å². The number of aromatic nitrogens is 2. The van der Waals surface area contributed by atoms with Gasteiger partial charge in [0.1, 0.15) is 6.04 Å². The molecule has 1 heterocycles. The fourth-order valence-corrected chi connectivity index (χ4v) is 1.02. The summed E-state index contributed by atoms with van der Waals surface area (Å²) in [6, 6.07) is 1.52. The van der Waals surface area contributed by atoms with Crippen LogP contribution in [0.1, 0.15) is 25.6 Å². The Morgan fingerprint density at radius 1 is 1.77 bits per heavy atom. The van der Waals surface area contributed by atoms with E-state index in [9.17, 15) is 4.79 Å². The highest BCUT2D eigenvalue weighted by Crippen LogP contribution is 2.06. The summed E-state index contributed by atoms with van der Waals surface area (Å²) in [4.78, 5) is 11.3. The van der Waals surface area contributed by atoms with Crippen molar-refractivity contribution in [1.29, 1.82) is 0 Å². The smallest absolute Gasteiger partial charge is 0.330 e. The standard InChI is InChI=1S/C9H14N2O2/c1-4-13-9(12)8(3)11-6-5-7(2)10-11/h5-6,8H,4H2,1-3H3/t8-/m1/s1. The van der Waals surface area contributed by atoms with E-state index < -0.39 is 0 Å². The maximum Gasteiger partial charge on any atom is 0.330 e. The molecule has 4 heteroatoms. The van der Waals surface area contributed by atoms with Crippen LogP contribution in [0, 0.1) is 6.92 Å². The normalized spacial score (nSPS) is 12.5. The fourth-order valence-electron chi connectivity index (χ4n) is 1.02. The molecule has 0 amide bonds. The van der Waals surface area contributed by atoms with Crippen LogP contribution in [0.3, 0.4) is 0 Å². The van der Waals surface area contributed by atoms with Crippen LogP contribution in [0.15, 0.2) is 12.3 Å². The quantitative estimate of drug-likeness (QED) is 0.662. The molecule has 0 aliphatic heterocycles. The number of ether oxygens (including phenoxy) is 1. The van der Waals surface area contributed by atoms with Crippen LogP contribution in [0.2, 0.25) is 0 Å². The molecule has 0 bridgehead atoms. The highest BCUT2D eigenvalue weighted by molar-refractivity contribution is 5.73. The van der Waals surface area contributed by atoms with Crippen molar-refractivity contribution in [2.24, 2.45) is 0 Å². The average molecular weight is 182 g/mol. The molecule has 1 aromatic heterocycles. The Labute approximate surface area is 77.5 Å². The molecule has 1 aromatic rings. The zero-order valence-electron chi connectivity index (χ0n) is 8.15. The van der Waals surface area contributed by atoms with Gasteiger partial charge in [-0.15, -0.1) is 0 Å². The van der Waals surface area contributed by atoms with E-state index in [2.05, 4.69) is 5.10 Å². The van der Waals surface area contributed by atoms with Gasteiger partial charge in [0.25, 0.3) is 0 Å². The molecule has 0 radical (unpaired) electrons. The highest BCUT2D eigenvalue weighted by Gasteiger charge is 2.15. The highest BCUT2D eigenvalue weighted by atomic mass is 16.5. The van der Waals surface area contributed by atoms with Crippen molar-refractivity contribution in [3.63, 3.8) is 0 Å². The second-order valence-electron chi connectivity index (χ2n) is 2.87. The summed E-state index contributed by atoms with van der Waals surface area (Å²) in [6.45, 7) is 5.85. The monoisotopic (exact) mass is 182 g/mol. The Morgan fingerprint density at radius 2 is 2.46 bits per heavy atom. The van der Waals surface area contributed by atoms with Gasteiger partial charge in [0.15, 0.2) is 0 Å². The predicted octanol–water partition coefficient (Wildman–Crippen LogP) is 1.32. The average Bonchev–Trinajstić information content (AvgIpc) is 2.51. The van der Waals surface area contributed by atoms with Crippen LogP contribution >= 0.6 is 0 Å². The van der Waals surface area contributed by atoms with Crippen molar-refractivity contribution in [2.45, 2.75) is 26.8 Å².